The highest BCUT2D eigenvalue weighted by molar-refractivity contribution is 6.31. The first kappa shape index (κ1) is 12.8. The van der Waals surface area contributed by atoms with Gasteiger partial charge in [0.25, 0.3) is 5.91 Å². The fourth-order valence-electron chi connectivity index (χ4n) is 1.30. The first-order valence-electron chi connectivity index (χ1n) is 4.94. The number of rotatable bonds is 2. The molecule has 0 spiro atoms. The van der Waals surface area contributed by atoms with E-state index >= 15 is 0 Å². The van der Waals surface area contributed by atoms with Crippen LogP contribution in [0.1, 0.15) is 10.4 Å². The zero-order valence-electron chi connectivity index (χ0n) is 8.95. The van der Waals surface area contributed by atoms with Crippen LogP contribution in [0, 0.1) is 5.82 Å². The Kier molecular flexibility index (Phi) is 3.79. The Balaban J connectivity index is 2.19. The van der Waals surface area contributed by atoms with Crippen molar-refractivity contribution in [3.63, 3.8) is 0 Å². The highest BCUT2D eigenvalue weighted by Gasteiger charge is 2.09. The van der Waals surface area contributed by atoms with E-state index in [0.29, 0.717) is 10.8 Å². The zero-order valence-corrected chi connectivity index (χ0v) is 10.5. The van der Waals surface area contributed by atoms with E-state index < -0.39 is 11.7 Å². The number of aromatic nitrogens is 1. The van der Waals surface area contributed by atoms with E-state index in [1.165, 1.54) is 24.4 Å². The van der Waals surface area contributed by atoms with Gasteiger partial charge in [0.1, 0.15) is 11.6 Å². The number of amides is 1. The Hall–Kier alpha value is -1.65. The molecule has 2 rings (SSSR count). The number of carbonyl (C=O) groups excluding carboxylic acids is 1. The zero-order chi connectivity index (χ0) is 13.1. The van der Waals surface area contributed by atoms with E-state index in [1.807, 2.05) is 0 Å². The van der Waals surface area contributed by atoms with Gasteiger partial charge in [0.05, 0.1) is 5.02 Å². The SMILES string of the molecule is O=C(Nc1cc(Cl)ccn1)c1ccc(F)c(Cl)c1. The molecule has 1 heterocycles. The lowest BCUT2D eigenvalue weighted by molar-refractivity contribution is 0.102. The average Bonchev–Trinajstić information content (AvgIpc) is 2.32. The first-order valence-corrected chi connectivity index (χ1v) is 5.70. The van der Waals surface area contributed by atoms with Crippen LogP contribution in [0.2, 0.25) is 10.0 Å². The van der Waals surface area contributed by atoms with Crippen LogP contribution >= 0.6 is 23.2 Å². The van der Waals surface area contributed by atoms with Gasteiger partial charge >= 0.3 is 0 Å². The number of nitrogens with one attached hydrogen (secondary N) is 1. The predicted molar refractivity (Wildman–Crippen MR) is 68.6 cm³/mol. The Morgan fingerprint density at radius 3 is 2.67 bits per heavy atom. The third-order valence-electron chi connectivity index (χ3n) is 2.15. The molecule has 0 aliphatic heterocycles. The lowest BCUT2D eigenvalue weighted by Gasteiger charge is -2.05. The lowest BCUT2D eigenvalue weighted by atomic mass is 10.2. The fraction of sp³-hybridized carbons (Fsp3) is 0. The number of nitrogens with zero attached hydrogens (tertiary/aromatic N) is 1. The third kappa shape index (κ3) is 2.97. The van der Waals surface area contributed by atoms with Crippen molar-refractivity contribution in [1.82, 2.24) is 4.98 Å². The topological polar surface area (TPSA) is 42.0 Å². The van der Waals surface area contributed by atoms with Crippen LogP contribution in [0.4, 0.5) is 10.2 Å². The van der Waals surface area contributed by atoms with Crippen molar-refractivity contribution in [2.24, 2.45) is 0 Å². The van der Waals surface area contributed by atoms with E-state index in [9.17, 15) is 9.18 Å². The number of anilines is 1. The van der Waals surface area contributed by atoms with E-state index in [4.69, 9.17) is 23.2 Å². The Labute approximate surface area is 113 Å². The second-order valence-electron chi connectivity index (χ2n) is 3.44. The van der Waals surface area contributed by atoms with Crippen molar-refractivity contribution in [2.45, 2.75) is 0 Å². The van der Waals surface area contributed by atoms with Crippen LogP contribution in [-0.2, 0) is 0 Å². The highest BCUT2D eigenvalue weighted by atomic mass is 35.5. The van der Waals surface area contributed by atoms with Crippen molar-refractivity contribution < 1.29 is 9.18 Å². The summed E-state index contributed by atoms with van der Waals surface area (Å²) in [5.74, 6) is -0.700. The van der Waals surface area contributed by atoms with Gasteiger partial charge < -0.3 is 5.32 Å². The molecule has 0 radical (unpaired) electrons. The normalized spacial score (nSPS) is 10.2. The number of hydrogen-bond acceptors (Lipinski definition) is 2. The molecule has 0 saturated carbocycles. The van der Waals surface area contributed by atoms with E-state index in [1.54, 1.807) is 6.07 Å². The number of halogens is 3. The summed E-state index contributed by atoms with van der Waals surface area (Å²) in [7, 11) is 0. The molecule has 3 nitrogen and oxygen atoms in total. The van der Waals surface area contributed by atoms with Gasteiger partial charge in [-0.1, -0.05) is 23.2 Å². The second-order valence-corrected chi connectivity index (χ2v) is 4.29. The summed E-state index contributed by atoms with van der Waals surface area (Å²) >= 11 is 11.4. The minimum absolute atomic E-state index is 0.110. The van der Waals surface area contributed by atoms with Crippen molar-refractivity contribution in [3.8, 4) is 0 Å². The van der Waals surface area contributed by atoms with Crippen molar-refractivity contribution in [3.05, 3.63) is 58.0 Å². The summed E-state index contributed by atoms with van der Waals surface area (Å²) < 4.78 is 12.9. The first-order chi connectivity index (χ1) is 8.56. The van der Waals surface area contributed by atoms with Gasteiger partial charge in [-0.3, -0.25) is 4.79 Å². The minimum atomic E-state index is -0.575. The smallest absolute Gasteiger partial charge is 0.256 e. The summed E-state index contributed by atoms with van der Waals surface area (Å²) in [6, 6.07) is 6.80. The van der Waals surface area contributed by atoms with Crippen LogP contribution in [0.5, 0.6) is 0 Å². The van der Waals surface area contributed by atoms with Crippen molar-refractivity contribution in [2.75, 3.05) is 5.32 Å². The summed E-state index contributed by atoms with van der Waals surface area (Å²) in [5.41, 5.74) is 0.239. The molecular formula is C12H7Cl2FN2O. The molecule has 0 fully saturated rings. The molecule has 1 amide bonds. The fourth-order valence-corrected chi connectivity index (χ4v) is 1.64. The quantitative estimate of drug-likeness (QED) is 0.912. The van der Waals surface area contributed by atoms with Gasteiger partial charge in [0.15, 0.2) is 0 Å². The van der Waals surface area contributed by atoms with Crippen LogP contribution in [0.3, 0.4) is 0 Å². The average molecular weight is 285 g/mol. The van der Waals surface area contributed by atoms with Crippen LogP contribution in [-0.4, -0.2) is 10.9 Å². The van der Waals surface area contributed by atoms with Crippen LogP contribution in [0.25, 0.3) is 0 Å². The molecule has 1 aromatic carbocycles. The molecule has 0 aliphatic carbocycles. The highest BCUT2D eigenvalue weighted by Crippen LogP contribution is 2.17. The molecule has 0 unspecified atom stereocenters. The molecule has 6 heteroatoms. The van der Waals surface area contributed by atoms with Crippen LogP contribution in [0.15, 0.2) is 36.5 Å². The van der Waals surface area contributed by atoms with Gasteiger partial charge in [-0.2, -0.15) is 0 Å². The number of carbonyl (C=O) groups is 1. The van der Waals surface area contributed by atoms with E-state index in [2.05, 4.69) is 10.3 Å². The Morgan fingerprint density at radius 1 is 1.22 bits per heavy atom. The van der Waals surface area contributed by atoms with Crippen molar-refractivity contribution >= 4 is 34.9 Å². The molecule has 0 saturated heterocycles. The van der Waals surface area contributed by atoms with Gasteiger partial charge in [0.2, 0.25) is 0 Å². The second kappa shape index (κ2) is 5.33. The standard InChI is InChI=1S/C12H7Cl2FN2O/c13-8-3-4-16-11(6-8)17-12(18)7-1-2-10(15)9(14)5-7/h1-6H,(H,16,17,18). The summed E-state index contributed by atoms with van der Waals surface area (Å²) in [5, 5.41) is 2.88. The molecule has 2 aromatic rings. The minimum Gasteiger partial charge on any atom is -0.307 e. The Morgan fingerprint density at radius 2 is 2.00 bits per heavy atom. The number of hydrogen-bond donors (Lipinski definition) is 1. The molecule has 0 bridgehead atoms. The molecule has 1 N–H and O–H groups in total. The Bertz CT molecular complexity index is 604. The largest absolute Gasteiger partial charge is 0.307 e. The maximum absolute atomic E-state index is 12.9. The molecular weight excluding hydrogens is 278 g/mol. The summed E-state index contributed by atoms with van der Waals surface area (Å²) in [4.78, 5) is 15.7. The molecule has 92 valence electrons. The third-order valence-corrected chi connectivity index (χ3v) is 2.67. The molecule has 18 heavy (non-hydrogen) atoms. The van der Waals surface area contributed by atoms with E-state index in [0.717, 1.165) is 6.07 Å². The summed E-state index contributed by atoms with van der Waals surface area (Å²) in [6.07, 6.45) is 1.47. The van der Waals surface area contributed by atoms with Gasteiger partial charge in [-0.15, -0.1) is 0 Å². The van der Waals surface area contributed by atoms with Gasteiger partial charge in [-0.25, -0.2) is 9.37 Å². The predicted octanol–water partition coefficient (Wildman–Crippen LogP) is 3.78. The maximum Gasteiger partial charge on any atom is 0.256 e. The summed E-state index contributed by atoms with van der Waals surface area (Å²) in [6.45, 7) is 0. The van der Waals surface area contributed by atoms with Gasteiger partial charge in [-0.05, 0) is 30.3 Å². The monoisotopic (exact) mass is 284 g/mol. The molecule has 0 atom stereocenters. The van der Waals surface area contributed by atoms with Crippen LogP contribution < -0.4 is 5.32 Å². The van der Waals surface area contributed by atoms with Gasteiger partial charge in [0, 0.05) is 16.8 Å². The number of benzene rings is 1. The number of pyridine rings is 1. The molecule has 0 aliphatic rings. The van der Waals surface area contributed by atoms with E-state index in [-0.39, 0.29) is 10.6 Å². The van der Waals surface area contributed by atoms with Crippen molar-refractivity contribution in [1.29, 1.82) is 0 Å². The maximum atomic E-state index is 12.9. The molecule has 1 aromatic heterocycles. The lowest BCUT2D eigenvalue weighted by Crippen LogP contribution is -2.12.